The highest BCUT2D eigenvalue weighted by Gasteiger charge is 2.11. The molecule has 0 aliphatic rings. The van der Waals surface area contributed by atoms with Crippen LogP contribution in [0.25, 0.3) is 10.9 Å². The molecule has 4 nitrogen and oxygen atoms in total. The van der Waals surface area contributed by atoms with E-state index in [-0.39, 0.29) is 18.5 Å². The van der Waals surface area contributed by atoms with E-state index in [0.717, 1.165) is 16.5 Å². The van der Waals surface area contributed by atoms with Gasteiger partial charge in [-0.1, -0.05) is 12.1 Å². The van der Waals surface area contributed by atoms with E-state index in [1.807, 2.05) is 38.2 Å². The minimum absolute atomic E-state index is 0.0854. The number of nitrogens with two attached hydrogens (primary N) is 1. The molecule has 0 unspecified atom stereocenters. The number of ether oxygens (including phenoxy) is 1. The van der Waals surface area contributed by atoms with Crippen molar-refractivity contribution in [1.29, 1.82) is 0 Å². The molecule has 0 aliphatic heterocycles. The second-order valence-corrected chi connectivity index (χ2v) is 4.30. The molecule has 0 spiro atoms. The maximum absolute atomic E-state index is 11.6. The van der Waals surface area contributed by atoms with E-state index < -0.39 is 0 Å². The van der Waals surface area contributed by atoms with E-state index in [4.69, 9.17) is 10.5 Å². The number of aromatic amines is 1. The fraction of sp³-hybridized carbons (Fsp3) is 0.308. The number of aromatic nitrogens is 1. The largest absolute Gasteiger partial charge is 0.463 e. The Morgan fingerprint density at radius 2 is 2.24 bits per heavy atom. The first-order valence-electron chi connectivity index (χ1n) is 5.62. The molecule has 0 radical (unpaired) electrons. The van der Waals surface area contributed by atoms with Gasteiger partial charge in [0.05, 0.1) is 23.7 Å². The monoisotopic (exact) mass is 232 g/mol. The summed E-state index contributed by atoms with van der Waals surface area (Å²) in [5, 5.41) is 0.978. The van der Waals surface area contributed by atoms with E-state index in [1.165, 1.54) is 0 Å². The lowest BCUT2D eigenvalue weighted by Crippen LogP contribution is -2.13. The molecular weight excluding hydrogens is 216 g/mol. The summed E-state index contributed by atoms with van der Waals surface area (Å²) in [6, 6.07) is 5.65. The Hall–Kier alpha value is -1.97. The van der Waals surface area contributed by atoms with Crippen LogP contribution in [0.3, 0.4) is 0 Å². The number of benzene rings is 1. The van der Waals surface area contributed by atoms with Gasteiger partial charge in [-0.3, -0.25) is 4.79 Å². The van der Waals surface area contributed by atoms with Gasteiger partial charge in [-0.15, -0.1) is 0 Å². The second-order valence-electron chi connectivity index (χ2n) is 4.30. The molecule has 4 heteroatoms. The van der Waals surface area contributed by atoms with E-state index in [2.05, 4.69) is 4.98 Å². The summed E-state index contributed by atoms with van der Waals surface area (Å²) in [7, 11) is 0. The van der Waals surface area contributed by atoms with Crippen LogP contribution < -0.4 is 5.73 Å². The van der Waals surface area contributed by atoms with Crippen molar-refractivity contribution in [2.24, 2.45) is 0 Å². The number of hydrogen-bond acceptors (Lipinski definition) is 3. The van der Waals surface area contributed by atoms with E-state index >= 15 is 0 Å². The number of carbonyl (C=O) groups is 1. The first-order chi connectivity index (χ1) is 8.08. The normalized spacial score (nSPS) is 11.0. The minimum atomic E-state index is -0.219. The summed E-state index contributed by atoms with van der Waals surface area (Å²) in [5.41, 5.74) is 8.31. The van der Waals surface area contributed by atoms with Crippen LogP contribution in [0.1, 0.15) is 19.4 Å². The molecular formula is C13H16N2O2. The van der Waals surface area contributed by atoms with Gasteiger partial charge in [-0.25, -0.2) is 0 Å². The number of nitrogens with one attached hydrogen (secondary N) is 1. The highest BCUT2D eigenvalue weighted by molar-refractivity contribution is 5.94. The number of fused-ring (bicyclic) bond motifs is 1. The maximum atomic E-state index is 11.6. The van der Waals surface area contributed by atoms with Gasteiger partial charge in [-0.2, -0.15) is 0 Å². The zero-order valence-electron chi connectivity index (χ0n) is 9.99. The molecule has 0 aliphatic carbocycles. The maximum Gasteiger partial charge on any atom is 0.310 e. The topological polar surface area (TPSA) is 68.1 Å². The molecule has 1 aromatic heterocycles. The van der Waals surface area contributed by atoms with Gasteiger partial charge in [0, 0.05) is 11.6 Å². The van der Waals surface area contributed by atoms with E-state index in [0.29, 0.717) is 5.69 Å². The average Bonchev–Trinajstić information content (AvgIpc) is 2.62. The van der Waals surface area contributed by atoms with Crippen LogP contribution in [-0.2, 0) is 16.0 Å². The Kier molecular flexibility index (Phi) is 3.04. The highest BCUT2D eigenvalue weighted by Crippen LogP contribution is 2.23. The second kappa shape index (κ2) is 4.49. The summed E-state index contributed by atoms with van der Waals surface area (Å²) in [6.45, 7) is 3.68. The van der Waals surface area contributed by atoms with Crippen molar-refractivity contribution in [3.8, 4) is 0 Å². The average molecular weight is 232 g/mol. The molecule has 2 aromatic rings. The highest BCUT2D eigenvalue weighted by atomic mass is 16.5. The van der Waals surface area contributed by atoms with Crippen molar-refractivity contribution in [1.82, 2.24) is 4.98 Å². The molecule has 2 rings (SSSR count). The number of rotatable bonds is 3. The Morgan fingerprint density at radius 3 is 2.94 bits per heavy atom. The third-order valence-electron chi connectivity index (χ3n) is 2.54. The predicted molar refractivity (Wildman–Crippen MR) is 67.6 cm³/mol. The van der Waals surface area contributed by atoms with Crippen molar-refractivity contribution in [3.05, 3.63) is 30.0 Å². The molecule has 90 valence electrons. The third-order valence-corrected chi connectivity index (χ3v) is 2.54. The van der Waals surface area contributed by atoms with Gasteiger partial charge >= 0.3 is 5.97 Å². The molecule has 3 N–H and O–H groups in total. The van der Waals surface area contributed by atoms with Gasteiger partial charge in [0.2, 0.25) is 0 Å². The molecule has 0 saturated heterocycles. The Balaban J connectivity index is 2.25. The smallest absolute Gasteiger partial charge is 0.310 e. The van der Waals surface area contributed by atoms with Crippen molar-refractivity contribution >= 4 is 22.6 Å². The lowest BCUT2D eigenvalue weighted by molar-refractivity contribution is -0.146. The third kappa shape index (κ3) is 2.41. The minimum Gasteiger partial charge on any atom is -0.463 e. The lowest BCUT2D eigenvalue weighted by atomic mass is 10.1. The number of para-hydroxylation sites is 1. The SMILES string of the molecule is CC(C)OC(=O)Cc1c[nH]c2c(N)cccc12. The standard InChI is InChI=1S/C13H16N2O2/c1-8(2)17-12(16)6-9-7-15-13-10(9)4-3-5-11(13)14/h3-5,7-8,15H,6,14H2,1-2H3. The molecule has 0 amide bonds. The Morgan fingerprint density at radius 1 is 1.47 bits per heavy atom. The fourth-order valence-corrected chi connectivity index (χ4v) is 1.84. The summed E-state index contributed by atoms with van der Waals surface area (Å²) in [6.07, 6.45) is 1.99. The quantitative estimate of drug-likeness (QED) is 0.630. The van der Waals surface area contributed by atoms with Crippen LogP contribution in [0, 0.1) is 0 Å². The predicted octanol–water partition coefficient (Wildman–Crippen LogP) is 2.24. The number of hydrogen-bond donors (Lipinski definition) is 2. The first kappa shape index (κ1) is 11.5. The van der Waals surface area contributed by atoms with Crippen LogP contribution in [0.4, 0.5) is 5.69 Å². The van der Waals surface area contributed by atoms with Crippen LogP contribution in [-0.4, -0.2) is 17.1 Å². The van der Waals surface area contributed by atoms with Crippen molar-refractivity contribution in [2.45, 2.75) is 26.4 Å². The number of H-pyrrole nitrogens is 1. The van der Waals surface area contributed by atoms with E-state index in [9.17, 15) is 4.79 Å². The number of nitrogen functional groups attached to an aromatic ring is 1. The molecule has 0 atom stereocenters. The van der Waals surface area contributed by atoms with Crippen LogP contribution >= 0.6 is 0 Å². The summed E-state index contributed by atoms with van der Waals surface area (Å²) in [5.74, 6) is -0.219. The molecule has 0 bridgehead atoms. The van der Waals surface area contributed by atoms with Crippen LogP contribution in [0.2, 0.25) is 0 Å². The van der Waals surface area contributed by atoms with Crippen molar-refractivity contribution in [3.63, 3.8) is 0 Å². The zero-order chi connectivity index (χ0) is 12.4. The van der Waals surface area contributed by atoms with Gasteiger partial charge in [0.1, 0.15) is 0 Å². The van der Waals surface area contributed by atoms with Gasteiger partial charge in [0.25, 0.3) is 0 Å². The lowest BCUT2D eigenvalue weighted by Gasteiger charge is -2.07. The summed E-state index contributed by atoms with van der Waals surface area (Å²) in [4.78, 5) is 14.7. The summed E-state index contributed by atoms with van der Waals surface area (Å²) >= 11 is 0. The molecule has 0 fully saturated rings. The first-order valence-corrected chi connectivity index (χ1v) is 5.62. The molecule has 0 saturated carbocycles. The zero-order valence-corrected chi connectivity index (χ0v) is 9.99. The number of esters is 1. The fourth-order valence-electron chi connectivity index (χ4n) is 1.84. The molecule has 1 aromatic carbocycles. The van der Waals surface area contributed by atoms with Crippen molar-refractivity contribution in [2.75, 3.05) is 5.73 Å². The number of carbonyl (C=O) groups excluding carboxylic acids is 1. The van der Waals surface area contributed by atoms with Crippen molar-refractivity contribution < 1.29 is 9.53 Å². The number of anilines is 1. The van der Waals surface area contributed by atoms with Crippen LogP contribution in [0.5, 0.6) is 0 Å². The van der Waals surface area contributed by atoms with Gasteiger partial charge < -0.3 is 15.5 Å². The molecule has 1 heterocycles. The van der Waals surface area contributed by atoms with Gasteiger partial charge in [0.15, 0.2) is 0 Å². The van der Waals surface area contributed by atoms with Crippen LogP contribution in [0.15, 0.2) is 24.4 Å². The van der Waals surface area contributed by atoms with E-state index in [1.54, 1.807) is 0 Å². The Bertz CT molecular complexity index is 543. The molecule has 17 heavy (non-hydrogen) atoms. The Labute approximate surface area is 99.8 Å². The summed E-state index contributed by atoms with van der Waals surface area (Å²) < 4.78 is 5.12. The van der Waals surface area contributed by atoms with Gasteiger partial charge in [-0.05, 0) is 25.5 Å².